The van der Waals surface area contributed by atoms with Crippen molar-refractivity contribution in [3.8, 4) is 0 Å². The summed E-state index contributed by atoms with van der Waals surface area (Å²) in [4.78, 5) is 21.0. The second kappa shape index (κ2) is 13.8. The average molecular weight is 404 g/mol. The van der Waals surface area contributed by atoms with Gasteiger partial charge >= 0.3 is 0 Å². The lowest BCUT2D eigenvalue weighted by Gasteiger charge is -2.36. The van der Waals surface area contributed by atoms with Crippen LogP contribution in [0, 0.1) is 0 Å². The van der Waals surface area contributed by atoms with Crippen molar-refractivity contribution in [2.24, 2.45) is 4.99 Å². The smallest absolute Gasteiger partial charge is 0.224 e. The van der Waals surface area contributed by atoms with Crippen molar-refractivity contribution in [2.45, 2.75) is 32.6 Å². The van der Waals surface area contributed by atoms with Crippen molar-refractivity contribution in [3.63, 3.8) is 0 Å². The molecule has 1 amide bonds. The molecular formula is C22H37N5O2. The van der Waals surface area contributed by atoms with E-state index in [1.54, 1.807) is 7.05 Å². The molecule has 29 heavy (non-hydrogen) atoms. The molecule has 1 aromatic carbocycles. The number of carbonyl (C=O) groups excluding carboxylic acids is 1. The number of aliphatic imine (C=N–C) groups is 1. The van der Waals surface area contributed by atoms with E-state index in [-0.39, 0.29) is 5.91 Å². The number of ether oxygens (including phenoxy) is 1. The molecule has 7 heteroatoms. The van der Waals surface area contributed by atoms with E-state index < -0.39 is 0 Å². The molecular weight excluding hydrogens is 366 g/mol. The molecule has 1 aliphatic heterocycles. The summed E-state index contributed by atoms with van der Waals surface area (Å²) in [6.07, 6.45) is 3.70. The summed E-state index contributed by atoms with van der Waals surface area (Å²) in [5, 5.41) is 6.49. The van der Waals surface area contributed by atoms with E-state index in [0.717, 1.165) is 71.2 Å². The van der Waals surface area contributed by atoms with E-state index >= 15 is 0 Å². The minimum atomic E-state index is 0.199. The standard InChI is InChI=1S/C22H37N5O2/c1-3-4-18-29-19-8-12-24-22(23-2)25-13-11-21(28)27-16-14-26(15-17-27)20-9-6-5-7-10-20/h5-7,9-10H,3-4,8,11-19H2,1-2H3,(H2,23,24,25). The highest BCUT2D eigenvalue weighted by molar-refractivity contribution is 5.81. The van der Waals surface area contributed by atoms with Crippen LogP contribution in [0.4, 0.5) is 5.69 Å². The number of piperazine rings is 1. The average Bonchev–Trinajstić information content (AvgIpc) is 2.77. The maximum atomic E-state index is 12.5. The third kappa shape index (κ3) is 8.73. The fraction of sp³-hybridized carbons (Fsp3) is 0.636. The summed E-state index contributed by atoms with van der Waals surface area (Å²) in [6, 6.07) is 10.4. The molecule has 1 fully saturated rings. The number of hydrogen-bond donors (Lipinski definition) is 2. The normalized spacial score (nSPS) is 14.8. The van der Waals surface area contributed by atoms with Gasteiger partial charge in [0, 0.05) is 71.6 Å². The van der Waals surface area contributed by atoms with Gasteiger partial charge in [-0.15, -0.1) is 0 Å². The van der Waals surface area contributed by atoms with Crippen molar-refractivity contribution in [3.05, 3.63) is 30.3 Å². The maximum Gasteiger partial charge on any atom is 0.224 e. The van der Waals surface area contributed by atoms with E-state index in [1.807, 2.05) is 11.0 Å². The SMILES string of the molecule is CCCCOCCCNC(=NC)NCCC(=O)N1CCN(c2ccccc2)CC1. The first kappa shape index (κ1) is 23.0. The monoisotopic (exact) mass is 403 g/mol. The molecule has 0 atom stereocenters. The van der Waals surface area contributed by atoms with Crippen LogP contribution in [-0.2, 0) is 9.53 Å². The number of amides is 1. The Labute approximate surface area is 175 Å². The van der Waals surface area contributed by atoms with Crippen LogP contribution in [0.25, 0.3) is 0 Å². The van der Waals surface area contributed by atoms with Crippen LogP contribution in [0.3, 0.4) is 0 Å². The lowest BCUT2D eigenvalue weighted by Crippen LogP contribution is -2.49. The van der Waals surface area contributed by atoms with Crippen molar-refractivity contribution in [1.82, 2.24) is 15.5 Å². The zero-order valence-corrected chi connectivity index (χ0v) is 18.0. The second-order valence-corrected chi connectivity index (χ2v) is 7.20. The Hall–Kier alpha value is -2.28. The first-order chi connectivity index (χ1) is 14.2. The predicted octanol–water partition coefficient (Wildman–Crippen LogP) is 2.10. The molecule has 0 spiro atoms. The van der Waals surface area contributed by atoms with Gasteiger partial charge in [-0.25, -0.2) is 0 Å². The van der Waals surface area contributed by atoms with Crippen LogP contribution in [0.1, 0.15) is 32.6 Å². The number of benzene rings is 1. The fourth-order valence-corrected chi connectivity index (χ4v) is 3.25. The first-order valence-corrected chi connectivity index (χ1v) is 10.8. The summed E-state index contributed by atoms with van der Waals surface area (Å²) in [5.41, 5.74) is 1.23. The number of unbranched alkanes of at least 4 members (excludes halogenated alkanes) is 1. The summed E-state index contributed by atoms with van der Waals surface area (Å²) >= 11 is 0. The summed E-state index contributed by atoms with van der Waals surface area (Å²) in [7, 11) is 1.75. The van der Waals surface area contributed by atoms with Crippen LogP contribution in [-0.4, -0.2) is 76.3 Å². The molecule has 1 saturated heterocycles. The molecule has 2 N–H and O–H groups in total. The van der Waals surface area contributed by atoms with Gasteiger partial charge in [0.15, 0.2) is 5.96 Å². The summed E-state index contributed by atoms with van der Waals surface area (Å²) < 4.78 is 5.55. The third-order valence-corrected chi connectivity index (χ3v) is 5.01. The number of carbonyl (C=O) groups is 1. The Balaban J connectivity index is 1.56. The van der Waals surface area contributed by atoms with Crippen LogP contribution < -0.4 is 15.5 Å². The summed E-state index contributed by atoms with van der Waals surface area (Å²) in [5.74, 6) is 0.935. The molecule has 2 rings (SSSR count). The van der Waals surface area contributed by atoms with Gasteiger partial charge in [-0.05, 0) is 25.0 Å². The van der Waals surface area contributed by atoms with Gasteiger partial charge in [0.05, 0.1) is 0 Å². The highest BCUT2D eigenvalue weighted by atomic mass is 16.5. The second-order valence-electron chi connectivity index (χ2n) is 7.20. The molecule has 162 valence electrons. The topological polar surface area (TPSA) is 69.2 Å². The van der Waals surface area contributed by atoms with Gasteiger partial charge in [-0.2, -0.15) is 0 Å². The van der Waals surface area contributed by atoms with Gasteiger partial charge in [0.25, 0.3) is 0 Å². The minimum Gasteiger partial charge on any atom is -0.381 e. The van der Waals surface area contributed by atoms with Crippen LogP contribution in [0.15, 0.2) is 35.3 Å². The minimum absolute atomic E-state index is 0.199. The predicted molar refractivity (Wildman–Crippen MR) is 120 cm³/mol. The van der Waals surface area contributed by atoms with Crippen molar-refractivity contribution < 1.29 is 9.53 Å². The number of para-hydroxylation sites is 1. The van der Waals surface area contributed by atoms with E-state index in [2.05, 4.69) is 51.7 Å². The highest BCUT2D eigenvalue weighted by Gasteiger charge is 2.20. The van der Waals surface area contributed by atoms with E-state index in [1.165, 1.54) is 5.69 Å². The number of guanidine groups is 1. The largest absolute Gasteiger partial charge is 0.381 e. The Morgan fingerprint density at radius 2 is 1.72 bits per heavy atom. The highest BCUT2D eigenvalue weighted by Crippen LogP contribution is 2.15. The molecule has 0 bridgehead atoms. The van der Waals surface area contributed by atoms with E-state index in [0.29, 0.717) is 13.0 Å². The van der Waals surface area contributed by atoms with Crippen LogP contribution in [0.2, 0.25) is 0 Å². The van der Waals surface area contributed by atoms with Gasteiger partial charge < -0.3 is 25.2 Å². The third-order valence-electron chi connectivity index (χ3n) is 5.01. The first-order valence-electron chi connectivity index (χ1n) is 10.8. The number of nitrogens with one attached hydrogen (secondary N) is 2. The zero-order chi connectivity index (χ0) is 20.7. The Kier molecular flexibility index (Phi) is 11.0. The number of rotatable bonds is 11. The van der Waals surface area contributed by atoms with Crippen molar-refractivity contribution in [2.75, 3.05) is 64.4 Å². The quantitative estimate of drug-likeness (QED) is 0.336. The van der Waals surface area contributed by atoms with Crippen molar-refractivity contribution >= 4 is 17.6 Å². The molecule has 0 saturated carbocycles. The molecule has 0 aromatic heterocycles. The summed E-state index contributed by atoms with van der Waals surface area (Å²) in [6.45, 7) is 8.47. The van der Waals surface area contributed by atoms with Gasteiger partial charge in [0.2, 0.25) is 5.91 Å². The lowest BCUT2D eigenvalue weighted by molar-refractivity contribution is -0.131. The van der Waals surface area contributed by atoms with Crippen LogP contribution >= 0.6 is 0 Å². The lowest BCUT2D eigenvalue weighted by atomic mass is 10.2. The maximum absolute atomic E-state index is 12.5. The molecule has 0 unspecified atom stereocenters. The molecule has 1 heterocycles. The van der Waals surface area contributed by atoms with Crippen LogP contribution in [0.5, 0.6) is 0 Å². The fourth-order valence-electron chi connectivity index (χ4n) is 3.25. The van der Waals surface area contributed by atoms with E-state index in [9.17, 15) is 4.79 Å². The Morgan fingerprint density at radius 1 is 1.03 bits per heavy atom. The van der Waals surface area contributed by atoms with Gasteiger partial charge in [-0.1, -0.05) is 31.5 Å². The zero-order valence-electron chi connectivity index (χ0n) is 18.0. The van der Waals surface area contributed by atoms with Gasteiger partial charge in [0.1, 0.15) is 0 Å². The molecule has 0 radical (unpaired) electrons. The molecule has 7 nitrogen and oxygen atoms in total. The molecule has 0 aliphatic carbocycles. The Morgan fingerprint density at radius 3 is 2.41 bits per heavy atom. The number of anilines is 1. The molecule has 1 aromatic rings. The molecule has 1 aliphatic rings. The number of nitrogens with zero attached hydrogens (tertiary/aromatic N) is 3. The number of hydrogen-bond acceptors (Lipinski definition) is 4. The Bertz CT molecular complexity index is 600. The van der Waals surface area contributed by atoms with E-state index in [4.69, 9.17) is 4.74 Å². The van der Waals surface area contributed by atoms with Gasteiger partial charge in [-0.3, -0.25) is 9.79 Å². The van der Waals surface area contributed by atoms with Crippen molar-refractivity contribution in [1.29, 1.82) is 0 Å².